The van der Waals surface area contributed by atoms with Crippen LogP contribution in [0, 0.1) is 11.8 Å². The van der Waals surface area contributed by atoms with E-state index >= 15 is 0 Å². The maximum absolute atomic E-state index is 12.4. The molecular formula is C14H21N3O3. The van der Waals surface area contributed by atoms with E-state index in [1.54, 1.807) is 0 Å². The maximum Gasteiger partial charge on any atom is 0.328 e. The Morgan fingerprint density at radius 2 is 1.95 bits per heavy atom. The molecule has 0 aliphatic carbocycles. The average molecular weight is 279 g/mol. The molecule has 0 spiro atoms. The Balaban J connectivity index is 2.11. The second kappa shape index (κ2) is 5.64. The largest absolute Gasteiger partial charge is 0.480 e. The molecule has 1 aliphatic rings. The number of hydrogen-bond acceptors (Lipinski definition) is 3. The molecule has 6 heteroatoms. The fourth-order valence-corrected chi connectivity index (χ4v) is 2.78. The fraction of sp³-hybridized carbons (Fsp3) is 0.643. The fourth-order valence-electron chi connectivity index (χ4n) is 2.78. The number of aromatic nitrogens is 2. The van der Waals surface area contributed by atoms with Gasteiger partial charge in [0, 0.05) is 19.3 Å². The van der Waals surface area contributed by atoms with E-state index in [-0.39, 0.29) is 5.91 Å². The summed E-state index contributed by atoms with van der Waals surface area (Å²) in [5.41, 5.74) is 0.458. The quantitative estimate of drug-likeness (QED) is 0.912. The number of carbonyl (C=O) groups is 2. The van der Waals surface area contributed by atoms with Gasteiger partial charge in [-0.1, -0.05) is 13.8 Å². The zero-order chi connectivity index (χ0) is 14.9. The van der Waals surface area contributed by atoms with E-state index in [0.717, 1.165) is 19.5 Å². The van der Waals surface area contributed by atoms with Gasteiger partial charge in [-0.2, -0.15) is 5.10 Å². The summed E-state index contributed by atoms with van der Waals surface area (Å²) in [5, 5.41) is 12.9. The van der Waals surface area contributed by atoms with E-state index in [4.69, 9.17) is 5.11 Å². The molecule has 3 atom stereocenters. The number of carboxylic acid groups (broad SMARTS) is 1. The molecule has 0 aromatic carbocycles. The molecule has 1 fully saturated rings. The summed E-state index contributed by atoms with van der Waals surface area (Å²) >= 11 is 0. The molecule has 1 aliphatic heterocycles. The minimum Gasteiger partial charge on any atom is -0.480 e. The SMILES string of the molecule is CC1CC(C)CN(C(=O)c2cnn(C(C)C(=O)O)c2)C1. The summed E-state index contributed by atoms with van der Waals surface area (Å²) in [6.45, 7) is 7.33. The van der Waals surface area contributed by atoms with Gasteiger partial charge in [0.1, 0.15) is 6.04 Å². The molecular weight excluding hydrogens is 258 g/mol. The van der Waals surface area contributed by atoms with Crippen LogP contribution in [0.5, 0.6) is 0 Å². The standard InChI is InChI=1S/C14H21N3O3/c1-9-4-10(2)7-16(6-9)13(18)12-5-15-17(8-12)11(3)14(19)20/h5,8-11H,4,6-7H2,1-3H3,(H,19,20). The molecule has 0 bridgehead atoms. The Kier molecular flexibility index (Phi) is 4.11. The molecule has 20 heavy (non-hydrogen) atoms. The Labute approximate surface area is 118 Å². The van der Waals surface area contributed by atoms with Crippen molar-refractivity contribution in [3.63, 3.8) is 0 Å². The van der Waals surface area contributed by atoms with Crippen LogP contribution in [0.1, 0.15) is 43.6 Å². The van der Waals surface area contributed by atoms with Crippen LogP contribution in [0.3, 0.4) is 0 Å². The summed E-state index contributed by atoms with van der Waals surface area (Å²) in [6, 6.07) is -0.768. The third-order valence-electron chi connectivity index (χ3n) is 3.76. The first kappa shape index (κ1) is 14.6. The highest BCUT2D eigenvalue weighted by Crippen LogP contribution is 2.22. The van der Waals surface area contributed by atoms with Gasteiger partial charge in [0.05, 0.1) is 11.8 Å². The van der Waals surface area contributed by atoms with Gasteiger partial charge in [-0.05, 0) is 25.2 Å². The molecule has 3 unspecified atom stereocenters. The van der Waals surface area contributed by atoms with Crippen molar-refractivity contribution in [3.05, 3.63) is 18.0 Å². The van der Waals surface area contributed by atoms with Gasteiger partial charge in [-0.15, -0.1) is 0 Å². The zero-order valence-corrected chi connectivity index (χ0v) is 12.1. The highest BCUT2D eigenvalue weighted by atomic mass is 16.4. The molecule has 6 nitrogen and oxygen atoms in total. The summed E-state index contributed by atoms with van der Waals surface area (Å²) in [6.07, 6.45) is 4.11. The first-order valence-corrected chi connectivity index (χ1v) is 6.94. The van der Waals surface area contributed by atoms with Crippen molar-refractivity contribution >= 4 is 11.9 Å². The Morgan fingerprint density at radius 1 is 1.35 bits per heavy atom. The number of amides is 1. The van der Waals surface area contributed by atoms with Crippen LogP contribution >= 0.6 is 0 Å². The van der Waals surface area contributed by atoms with Gasteiger partial charge in [0.2, 0.25) is 0 Å². The van der Waals surface area contributed by atoms with Gasteiger partial charge < -0.3 is 10.0 Å². The van der Waals surface area contributed by atoms with Crippen LogP contribution in [0.15, 0.2) is 12.4 Å². The number of carboxylic acids is 1. The summed E-state index contributed by atoms with van der Waals surface area (Å²) in [7, 11) is 0. The highest BCUT2D eigenvalue weighted by Gasteiger charge is 2.27. The predicted molar refractivity (Wildman–Crippen MR) is 73.4 cm³/mol. The summed E-state index contributed by atoms with van der Waals surface area (Å²) in [5.74, 6) is -0.0362. The number of likely N-dealkylation sites (tertiary alicyclic amines) is 1. The monoisotopic (exact) mass is 279 g/mol. The molecule has 110 valence electrons. The van der Waals surface area contributed by atoms with E-state index in [1.165, 1.54) is 24.0 Å². The van der Waals surface area contributed by atoms with E-state index in [1.807, 2.05) is 4.90 Å². The lowest BCUT2D eigenvalue weighted by molar-refractivity contribution is -0.140. The zero-order valence-electron chi connectivity index (χ0n) is 12.1. The molecule has 0 radical (unpaired) electrons. The second-order valence-electron chi connectivity index (χ2n) is 5.88. The van der Waals surface area contributed by atoms with Crippen molar-refractivity contribution in [2.45, 2.75) is 33.2 Å². The first-order valence-electron chi connectivity index (χ1n) is 6.94. The van der Waals surface area contributed by atoms with Gasteiger partial charge in [0.15, 0.2) is 0 Å². The third kappa shape index (κ3) is 3.00. The average Bonchev–Trinajstić information content (AvgIpc) is 2.85. The minimum absolute atomic E-state index is 0.0627. The Hall–Kier alpha value is -1.85. The van der Waals surface area contributed by atoms with Crippen LogP contribution in [-0.2, 0) is 4.79 Å². The summed E-state index contributed by atoms with van der Waals surface area (Å²) < 4.78 is 1.31. The molecule has 2 rings (SSSR count). The van der Waals surface area contributed by atoms with E-state index in [9.17, 15) is 9.59 Å². The van der Waals surface area contributed by atoms with Crippen molar-refractivity contribution in [2.24, 2.45) is 11.8 Å². The molecule has 1 aromatic rings. The van der Waals surface area contributed by atoms with Gasteiger partial charge in [0.25, 0.3) is 5.91 Å². The lowest BCUT2D eigenvalue weighted by Crippen LogP contribution is -2.42. The first-order chi connectivity index (χ1) is 9.38. The topological polar surface area (TPSA) is 75.4 Å². The minimum atomic E-state index is -0.965. The van der Waals surface area contributed by atoms with Crippen LogP contribution in [0.2, 0.25) is 0 Å². The van der Waals surface area contributed by atoms with E-state index in [0.29, 0.717) is 17.4 Å². The maximum atomic E-state index is 12.4. The van der Waals surface area contributed by atoms with Crippen LogP contribution in [0.25, 0.3) is 0 Å². The van der Waals surface area contributed by atoms with Gasteiger partial charge in [-0.3, -0.25) is 9.48 Å². The number of hydrogen-bond donors (Lipinski definition) is 1. The predicted octanol–water partition coefficient (Wildman–Crippen LogP) is 1.65. The smallest absolute Gasteiger partial charge is 0.328 e. The number of piperidine rings is 1. The molecule has 0 saturated carbocycles. The van der Waals surface area contributed by atoms with Crippen molar-refractivity contribution in [1.29, 1.82) is 0 Å². The van der Waals surface area contributed by atoms with Crippen molar-refractivity contribution < 1.29 is 14.7 Å². The molecule has 1 N–H and O–H groups in total. The van der Waals surface area contributed by atoms with Crippen molar-refractivity contribution in [1.82, 2.24) is 14.7 Å². The second-order valence-corrected chi connectivity index (χ2v) is 5.88. The van der Waals surface area contributed by atoms with Crippen LogP contribution in [0.4, 0.5) is 0 Å². The van der Waals surface area contributed by atoms with Gasteiger partial charge >= 0.3 is 5.97 Å². The number of aliphatic carboxylic acids is 1. The molecule has 1 amide bonds. The van der Waals surface area contributed by atoms with E-state index in [2.05, 4.69) is 18.9 Å². The molecule has 2 heterocycles. The normalized spacial score (nSPS) is 24.4. The van der Waals surface area contributed by atoms with E-state index < -0.39 is 12.0 Å². The Morgan fingerprint density at radius 3 is 2.50 bits per heavy atom. The number of rotatable bonds is 3. The summed E-state index contributed by atoms with van der Waals surface area (Å²) in [4.78, 5) is 25.2. The molecule has 1 saturated heterocycles. The van der Waals surface area contributed by atoms with Crippen molar-refractivity contribution in [3.8, 4) is 0 Å². The Bertz CT molecular complexity index is 502. The lowest BCUT2D eigenvalue weighted by atomic mass is 9.91. The third-order valence-corrected chi connectivity index (χ3v) is 3.76. The number of nitrogens with zero attached hydrogens (tertiary/aromatic N) is 3. The lowest BCUT2D eigenvalue weighted by Gasteiger charge is -2.34. The highest BCUT2D eigenvalue weighted by molar-refractivity contribution is 5.93. The number of carbonyl (C=O) groups excluding carboxylic acids is 1. The van der Waals surface area contributed by atoms with Crippen LogP contribution in [-0.4, -0.2) is 44.8 Å². The van der Waals surface area contributed by atoms with Gasteiger partial charge in [-0.25, -0.2) is 4.79 Å². The molecule has 1 aromatic heterocycles. The van der Waals surface area contributed by atoms with Crippen LogP contribution < -0.4 is 0 Å². The van der Waals surface area contributed by atoms with Crippen molar-refractivity contribution in [2.75, 3.05) is 13.1 Å².